The SMILES string of the molecule is C=CCC1(C(=O)O)CN(C(=O)/C=C/CNC(=O)OCC2c3ccccc3-c3ccccc32)C1. The zero-order valence-corrected chi connectivity index (χ0v) is 18.2. The molecule has 7 heteroatoms. The molecule has 7 nitrogen and oxygen atoms in total. The number of hydrogen-bond donors (Lipinski definition) is 2. The molecule has 2 amide bonds. The second-order valence-electron chi connectivity index (χ2n) is 8.38. The lowest BCUT2D eigenvalue weighted by atomic mass is 9.77. The zero-order chi connectivity index (χ0) is 23.4. The van der Waals surface area contributed by atoms with E-state index in [1.165, 1.54) is 17.1 Å². The normalized spacial score (nSPS) is 15.9. The van der Waals surface area contributed by atoms with Crippen LogP contribution in [0.4, 0.5) is 4.79 Å². The highest BCUT2D eigenvalue weighted by atomic mass is 16.5. The molecule has 4 rings (SSSR count). The van der Waals surface area contributed by atoms with Gasteiger partial charge in [0.05, 0.1) is 0 Å². The molecule has 33 heavy (non-hydrogen) atoms. The van der Waals surface area contributed by atoms with Crippen molar-refractivity contribution in [3.8, 4) is 11.1 Å². The van der Waals surface area contributed by atoms with Crippen molar-refractivity contribution in [2.45, 2.75) is 12.3 Å². The third kappa shape index (κ3) is 4.39. The molecule has 1 heterocycles. The van der Waals surface area contributed by atoms with Crippen LogP contribution in [0.15, 0.2) is 73.3 Å². The number of rotatable bonds is 8. The Labute approximate surface area is 192 Å². The quantitative estimate of drug-likeness (QED) is 0.477. The van der Waals surface area contributed by atoms with E-state index in [0.717, 1.165) is 22.3 Å². The Morgan fingerprint density at radius 2 is 1.70 bits per heavy atom. The predicted octanol–water partition coefficient (Wildman–Crippen LogP) is 3.57. The molecule has 1 saturated heterocycles. The Balaban J connectivity index is 1.24. The molecule has 0 unspecified atom stereocenters. The molecule has 2 aromatic rings. The smallest absolute Gasteiger partial charge is 0.407 e. The fourth-order valence-corrected chi connectivity index (χ4v) is 4.53. The van der Waals surface area contributed by atoms with Gasteiger partial charge in [0.2, 0.25) is 5.91 Å². The maximum Gasteiger partial charge on any atom is 0.407 e. The van der Waals surface area contributed by atoms with E-state index in [1.807, 2.05) is 24.3 Å². The third-order valence-electron chi connectivity index (χ3n) is 6.26. The Morgan fingerprint density at radius 1 is 1.09 bits per heavy atom. The van der Waals surface area contributed by atoms with Crippen LogP contribution in [-0.2, 0) is 14.3 Å². The van der Waals surface area contributed by atoms with Crippen molar-refractivity contribution < 1.29 is 24.2 Å². The van der Waals surface area contributed by atoms with E-state index in [-0.39, 0.29) is 38.1 Å². The van der Waals surface area contributed by atoms with E-state index >= 15 is 0 Å². The van der Waals surface area contributed by atoms with Gasteiger partial charge in [-0.25, -0.2) is 4.79 Å². The van der Waals surface area contributed by atoms with E-state index in [2.05, 4.69) is 36.2 Å². The van der Waals surface area contributed by atoms with Crippen molar-refractivity contribution in [3.63, 3.8) is 0 Å². The topological polar surface area (TPSA) is 95.9 Å². The molecular formula is C26H26N2O5. The highest BCUT2D eigenvalue weighted by Gasteiger charge is 2.49. The summed E-state index contributed by atoms with van der Waals surface area (Å²) in [5, 5.41) is 12.0. The van der Waals surface area contributed by atoms with Crippen LogP contribution in [0.5, 0.6) is 0 Å². The molecule has 0 spiro atoms. The van der Waals surface area contributed by atoms with Crippen LogP contribution >= 0.6 is 0 Å². The van der Waals surface area contributed by atoms with Crippen molar-refractivity contribution in [1.82, 2.24) is 10.2 Å². The summed E-state index contributed by atoms with van der Waals surface area (Å²) in [7, 11) is 0. The van der Waals surface area contributed by atoms with Crippen LogP contribution in [0.3, 0.4) is 0 Å². The van der Waals surface area contributed by atoms with Gasteiger partial charge in [-0.3, -0.25) is 9.59 Å². The summed E-state index contributed by atoms with van der Waals surface area (Å²) in [5.41, 5.74) is 3.66. The highest BCUT2D eigenvalue weighted by Crippen LogP contribution is 2.44. The Kier molecular flexibility index (Phi) is 6.31. The number of amides is 2. The molecular weight excluding hydrogens is 420 g/mol. The van der Waals surface area contributed by atoms with Crippen LogP contribution < -0.4 is 5.32 Å². The summed E-state index contributed by atoms with van der Waals surface area (Å²) >= 11 is 0. The number of carbonyl (C=O) groups excluding carboxylic acids is 2. The van der Waals surface area contributed by atoms with E-state index in [4.69, 9.17) is 4.74 Å². The number of alkyl carbamates (subject to hydrolysis) is 1. The second kappa shape index (κ2) is 9.32. The van der Waals surface area contributed by atoms with Gasteiger partial charge < -0.3 is 20.1 Å². The molecule has 1 fully saturated rings. The lowest BCUT2D eigenvalue weighted by molar-refractivity contribution is -0.163. The fourth-order valence-electron chi connectivity index (χ4n) is 4.53. The number of carboxylic acids is 1. The number of carbonyl (C=O) groups is 3. The van der Waals surface area contributed by atoms with Crippen molar-refractivity contribution in [1.29, 1.82) is 0 Å². The first-order valence-corrected chi connectivity index (χ1v) is 10.8. The number of nitrogens with zero attached hydrogens (tertiary/aromatic N) is 1. The highest BCUT2D eigenvalue weighted by molar-refractivity contribution is 5.90. The van der Waals surface area contributed by atoms with Crippen molar-refractivity contribution in [2.75, 3.05) is 26.2 Å². The molecule has 170 valence electrons. The Bertz CT molecular complexity index is 1070. The summed E-state index contributed by atoms with van der Waals surface area (Å²) < 4.78 is 5.45. The van der Waals surface area contributed by atoms with Gasteiger partial charge >= 0.3 is 12.1 Å². The molecule has 0 bridgehead atoms. The minimum absolute atomic E-state index is 0.0169. The van der Waals surface area contributed by atoms with E-state index in [9.17, 15) is 19.5 Å². The van der Waals surface area contributed by atoms with Crippen molar-refractivity contribution >= 4 is 18.0 Å². The van der Waals surface area contributed by atoms with Gasteiger partial charge in [0.1, 0.15) is 12.0 Å². The number of aliphatic carboxylic acids is 1. The van der Waals surface area contributed by atoms with Crippen LogP contribution in [0, 0.1) is 5.41 Å². The fraction of sp³-hybridized carbons (Fsp3) is 0.269. The number of benzene rings is 2. The number of carboxylic acid groups (broad SMARTS) is 1. The molecule has 0 atom stereocenters. The number of ether oxygens (including phenoxy) is 1. The first-order chi connectivity index (χ1) is 15.9. The molecule has 2 aliphatic rings. The summed E-state index contributed by atoms with van der Waals surface area (Å²) in [6.07, 6.45) is 4.18. The predicted molar refractivity (Wildman–Crippen MR) is 124 cm³/mol. The van der Waals surface area contributed by atoms with Crippen molar-refractivity contribution in [2.24, 2.45) is 5.41 Å². The average molecular weight is 447 g/mol. The number of likely N-dealkylation sites (tertiary alicyclic amines) is 1. The van der Waals surface area contributed by atoms with E-state index in [1.54, 1.807) is 6.08 Å². The minimum Gasteiger partial charge on any atom is -0.481 e. The van der Waals surface area contributed by atoms with Crippen molar-refractivity contribution in [3.05, 3.63) is 84.5 Å². The van der Waals surface area contributed by atoms with Gasteiger partial charge in [-0.2, -0.15) is 0 Å². The van der Waals surface area contributed by atoms with E-state index < -0.39 is 17.5 Å². The summed E-state index contributed by atoms with van der Waals surface area (Å²) in [5.74, 6) is -1.23. The van der Waals surface area contributed by atoms with Crippen LogP contribution in [0.25, 0.3) is 11.1 Å². The average Bonchev–Trinajstić information content (AvgIpc) is 3.11. The molecule has 1 aliphatic carbocycles. The van der Waals surface area contributed by atoms with Crippen LogP contribution in [0.2, 0.25) is 0 Å². The summed E-state index contributed by atoms with van der Waals surface area (Å²) in [6.45, 7) is 4.24. The monoisotopic (exact) mass is 446 g/mol. The van der Waals surface area contributed by atoms with Crippen LogP contribution in [-0.4, -0.2) is 54.2 Å². The molecule has 2 N–H and O–H groups in total. The molecule has 0 radical (unpaired) electrons. The second-order valence-corrected chi connectivity index (χ2v) is 8.38. The number of allylic oxidation sites excluding steroid dienone is 1. The number of fused-ring (bicyclic) bond motifs is 3. The number of hydrogen-bond acceptors (Lipinski definition) is 4. The maximum absolute atomic E-state index is 12.2. The molecule has 1 aliphatic heterocycles. The zero-order valence-electron chi connectivity index (χ0n) is 18.2. The standard InChI is InChI=1S/C26H26N2O5/c1-2-13-26(24(30)31)16-28(17-26)23(29)12-7-14-27-25(32)33-15-22-20-10-5-3-8-18(20)19-9-4-6-11-21(19)22/h2-12,22H,1,13-17H2,(H,27,32)(H,30,31)/b12-7+. The summed E-state index contributed by atoms with van der Waals surface area (Å²) in [4.78, 5) is 37.2. The van der Waals surface area contributed by atoms with Gasteiger partial charge in [0, 0.05) is 31.6 Å². The largest absolute Gasteiger partial charge is 0.481 e. The minimum atomic E-state index is -0.940. The lowest BCUT2D eigenvalue weighted by Crippen LogP contribution is -2.61. The van der Waals surface area contributed by atoms with E-state index in [0.29, 0.717) is 6.42 Å². The lowest BCUT2D eigenvalue weighted by Gasteiger charge is -2.46. The maximum atomic E-state index is 12.2. The van der Waals surface area contributed by atoms with Crippen LogP contribution in [0.1, 0.15) is 23.5 Å². The third-order valence-corrected chi connectivity index (χ3v) is 6.26. The Morgan fingerprint density at radius 3 is 2.27 bits per heavy atom. The molecule has 0 aromatic heterocycles. The summed E-state index contributed by atoms with van der Waals surface area (Å²) in [6, 6.07) is 16.2. The molecule has 2 aromatic carbocycles. The number of nitrogens with one attached hydrogen (secondary N) is 1. The first-order valence-electron chi connectivity index (χ1n) is 10.8. The molecule has 0 saturated carbocycles. The first kappa shape index (κ1) is 22.3. The van der Waals surface area contributed by atoms with Gasteiger partial charge in [0.15, 0.2) is 0 Å². The van der Waals surface area contributed by atoms with Gasteiger partial charge in [-0.15, -0.1) is 6.58 Å². The van der Waals surface area contributed by atoms with Gasteiger partial charge in [0.25, 0.3) is 0 Å². The Hall–Kier alpha value is -3.87. The van der Waals surface area contributed by atoms with Gasteiger partial charge in [-0.1, -0.05) is 60.7 Å². The van der Waals surface area contributed by atoms with Gasteiger partial charge in [-0.05, 0) is 28.7 Å².